The summed E-state index contributed by atoms with van der Waals surface area (Å²) in [7, 11) is 0. The molecule has 0 unspecified atom stereocenters. The number of carbonyl (C=O) groups excluding carboxylic acids is 1. The van der Waals surface area contributed by atoms with Crippen molar-refractivity contribution in [2.75, 3.05) is 19.6 Å². The number of hydrogen-bond donors (Lipinski definition) is 1. The topological polar surface area (TPSA) is 32.3 Å². The molecule has 0 bridgehead atoms. The first-order chi connectivity index (χ1) is 9.15. The molecule has 2 aliphatic rings. The molecule has 1 amide bonds. The lowest BCUT2D eigenvalue weighted by molar-refractivity contribution is -0.133. The van der Waals surface area contributed by atoms with Crippen LogP contribution >= 0.6 is 15.9 Å². The molecule has 4 heteroatoms. The second kappa shape index (κ2) is 5.25. The quantitative estimate of drug-likeness (QED) is 0.906. The number of nitrogens with one attached hydrogen (secondary N) is 1. The maximum absolute atomic E-state index is 12.5. The highest BCUT2D eigenvalue weighted by atomic mass is 79.9. The Kier molecular flexibility index (Phi) is 3.63. The lowest BCUT2D eigenvalue weighted by atomic mass is 10.1. The van der Waals surface area contributed by atoms with Crippen molar-refractivity contribution in [1.29, 1.82) is 0 Å². The van der Waals surface area contributed by atoms with Gasteiger partial charge in [-0.25, -0.2) is 0 Å². The fourth-order valence-electron chi connectivity index (χ4n) is 2.94. The van der Waals surface area contributed by atoms with Gasteiger partial charge in [0, 0.05) is 36.1 Å². The molecule has 3 rings (SSSR count). The Morgan fingerprint density at radius 3 is 3.05 bits per heavy atom. The summed E-state index contributed by atoms with van der Waals surface area (Å²) in [5, 5.41) is 3.38. The van der Waals surface area contributed by atoms with Gasteiger partial charge in [0.1, 0.15) is 0 Å². The highest BCUT2D eigenvalue weighted by Crippen LogP contribution is 2.48. The average molecular weight is 323 g/mol. The van der Waals surface area contributed by atoms with Gasteiger partial charge in [-0.3, -0.25) is 4.79 Å². The number of benzene rings is 1. The van der Waals surface area contributed by atoms with Gasteiger partial charge in [-0.05, 0) is 37.0 Å². The molecular weight excluding hydrogens is 304 g/mol. The first-order valence-corrected chi connectivity index (χ1v) is 7.72. The molecule has 3 atom stereocenters. The summed E-state index contributed by atoms with van der Waals surface area (Å²) >= 11 is 3.50. The van der Waals surface area contributed by atoms with Crippen LogP contribution in [-0.4, -0.2) is 36.5 Å². The van der Waals surface area contributed by atoms with Gasteiger partial charge in [0.05, 0.1) is 0 Å². The van der Waals surface area contributed by atoms with Crippen LogP contribution in [0.1, 0.15) is 24.8 Å². The van der Waals surface area contributed by atoms with Gasteiger partial charge in [0.25, 0.3) is 0 Å². The van der Waals surface area contributed by atoms with E-state index in [-0.39, 0.29) is 5.92 Å². The molecule has 1 aromatic carbocycles. The first kappa shape index (κ1) is 13.1. The third kappa shape index (κ3) is 2.84. The molecule has 0 spiro atoms. The molecule has 1 heterocycles. The van der Waals surface area contributed by atoms with Gasteiger partial charge in [-0.2, -0.15) is 0 Å². The van der Waals surface area contributed by atoms with Gasteiger partial charge in [-0.15, -0.1) is 0 Å². The van der Waals surface area contributed by atoms with Crippen molar-refractivity contribution in [2.45, 2.75) is 25.3 Å². The van der Waals surface area contributed by atoms with Crippen LogP contribution in [0.4, 0.5) is 0 Å². The zero-order chi connectivity index (χ0) is 13.4. The highest BCUT2D eigenvalue weighted by molar-refractivity contribution is 9.10. The molecule has 2 fully saturated rings. The maximum Gasteiger partial charge on any atom is 0.226 e. The first-order valence-electron chi connectivity index (χ1n) is 6.93. The molecule has 0 aromatic heterocycles. The van der Waals surface area contributed by atoms with Gasteiger partial charge in [0.15, 0.2) is 0 Å². The van der Waals surface area contributed by atoms with E-state index in [0.717, 1.165) is 30.5 Å². The van der Waals surface area contributed by atoms with E-state index in [4.69, 9.17) is 0 Å². The van der Waals surface area contributed by atoms with Crippen molar-refractivity contribution in [3.05, 3.63) is 34.3 Å². The predicted molar refractivity (Wildman–Crippen MR) is 79.0 cm³/mol. The number of carbonyl (C=O) groups is 1. The summed E-state index contributed by atoms with van der Waals surface area (Å²) < 4.78 is 1.10. The lowest BCUT2D eigenvalue weighted by Crippen LogP contribution is -2.51. The Hall–Kier alpha value is -0.870. The van der Waals surface area contributed by atoms with E-state index >= 15 is 0 Å². The van der Waals surface area contributed by atoms with Crippen molar-refractivity contribution in [3.8, 4) is 0 Å². The number of hydrogen-bond acceptors (Lipinski definition) is 2. The van der Waals surface area contributed by atoms with Gasteiger partial charge in [0.2, 0.25) is 5.91 Å². The van der Waals surface area contributed by atoms with Crippen LogP contribution in [0.2, 0.25) is 0 Å². The number of rotatable bonds is 2. The SMILES string of the molecule is C[C@@H]1CN(C(=O)[C@H]2C[C@@H]2c2cccc(Br)c2)CCN1. The summed E-state index contributed by atoms with van der Waals surface area (Å²) in [4.78, 5) is 14.5. The van der Waals surface area contributed by atoms with E-state index in [1.165, 1.54) is 5.56 Å². The lowest BCUT2D eigenvalue weighted by Gasteiger charge is -2.32. The Morgan fingerprint density at radius 2 is 2.32 bits per heavy atom. The van der Waals surface area contributed by atoms with Crippen LogP contribution in [-0.2, 0) is 4.79 Å². The molecular formula is C15H19BrN2O. The van der Waals surface area contributed by atoms with Crippen LogP contribution in [0.5, 0.6) is 0 Å². The average Bonchev–Trinajstić information content (AvgIpc) is 3.18. The number of amides is 1. The summed E-state index contributed by atoms with van der Waals surface area (Å²) in [5.41, 5.74) is 1.29. The number of nitrogens with zero attached hydrogens (tertiary/aromatic N) is 1. The molecule has 1 aliphatic carbocycles. The molecule has 19 heavy (non-hydrogen) atoms. The van der Waals surface area contributed by atoms with Crippen molar-refractivity contribution in [1.82, 2.24) is 10.2 Å². The molecule has 102 valence electrons. The summed E-state index contributed by atoms with van der Waals surface area (Å²) in [5.74, 6) is 0.980. The smallest absolute Gasteiger partial charge is 0.226 e. The summed E-state index contributed by atoms with van der Waals surface area (Å²) in [6.07, 6.45) is 1.01. The molecule has 3 nitrogen and oxygen atoms in total. The minimum atomic E-state index is 0.208. The van der Waals surface area contributed by atoms with Crippen LogP contribution in [0.25, 0.3) is 0 Å². The number of piperazine rings is 1. The summed E-state index contributed by atoms with van der Waals surface area (Å²) in [6.45, 7) is 4.75. The largest absolute Gasteiger partial charge is 0.340 e. The maximum atomic E-state index is 12.5. The third-order valence-corrected chi connectivity index (χ3v) is 4.56. The van der Waals surface area contributed by atoms with Crippen LogP contribution in [0, 0.1) is 5.92 Å². The van der Waals surface area contributed by atoms with E-state index in [9.17, 15) is 4.79 Å². The second-order valence-corrected chi connectivity index (χ2v) is 6.56. The normalized spacial score (nSPS) is 30.2. The van der Waals surface area contributed by atoms with Gasteiger partial charge < -0.3 is 10.2 Å². The summed E-state index contributed by atoms with van der Waals surface area (Å²) in [6, 6.07) is 8.76. The zero-order valence-electron chi connectivity index (χ0n) is 11.1. The van der Waals surface area contributed by atoms with Crippen LogP contribution in [0.15, 0.2) is 28.7 Å². The van der Waals surface area contributed by atoms with Gasteiger partial charge >= 0.3 is 0 Å². The minimum absolute atomic E-state index is 0.208. The third-order valence-electron chi connectivity index (χ3n) is 4.06. The van der Waals surface area contributed by atoms with E-state index in [2.05, 4.69) is 40.3 Å². The fourth-order valence-corrected chi connectivity index (χ4v) is 3.36. The molecule has 0 radical (unpaired) electrons. The van der Waals surface area contributed by atoms with E-state index < -0.39 is 0 Å². The Bertz CT molecular complexity index is 491. The zero-order valence-corrected chi connectivity index (χ0v) is 12.7. The number of halogens is 1. The Labute approximate surface area is 122 Å². The predicted octanol–water partition coefficient (Wildman–Crippen LogP) is 2.37. The van der Waals surface area contributed by atoms with Crippen molar-refractivity contribution in [3.63, 3.8) is 0 Å². The molecule has 1 saturated heterocycles. The monoisotopic (exact) mass is 322 g/mol. The molecule has 1 aliphatic heterocycles. The Balaban J connectivity index is 1.64. The van der Waals surface area contributed by atoms with Crippen LogP contribution in [0.3, 0.4) is 0 Å². The standard InChI is InChI=1S/C15H19BrN2O/c1-10-9-18(6-5-17-10)15(19)14-8-13(14)11-3-2-4-12(16)7-11/h2-4,7,10,13-14,17H,5-6,8-9H2,1H3/t10-,13-,14+/m1/s1. The minimum Gasteiger partial charge on any atom is -0.340 e. The van der Waals surface area contributed by atoms with E-state index in [1.807, 2.05) is 17.0 Å². The van der Waals surface area contributed by atoms with Gasteiger partial charge in [-0.1, -0.05) is 28.1 Å². The molecule has 1 N–H and O–H groups in total. The van der Waals surface area contributed by atoms with Crippen LogP contribution < -0.4 is 5.32 Å². The second-order valence-electron chi connectivity index (χ2n) is 5.64. The molecule has 1 aromatic rings. The van der Waals surface area contributed by atoms with Crippen molar-refractivity contribution >= 4 is 21.8 Å². The van der Waals surface area contributed by atoms with E-state index in [0.29, 0.717) is 17.9 Å². The highest BCUT2D eigenvalue weighted by Gasteiger charge is 2.46. The molecule has 1 saturated carbocycles. The van der Waals surface area contributed by atoms with Crippen molar-refractivity contribution in [2.24, 2.45) is 5.92 Å². The Morgan fingerprint density at radius 1 is 1.47 bits per heavy atom. The van der Waals surface area contributed by atoms with E-state index in [1.54, 1.807) is 0 Å². The van der Waals surface area contributed by atoms with Crippen molar-refractivity contribution < 1.29 is 4.79 Å². The fraction of sp³-hybridized carbons (Fsp3) is 0.533.